The van der Waals surface area contributed by atoms with Gasteiger partial charge in [-0.2, -0.15) is 0 Å². The quantitative estimate of drug-likeness (QED) is 0.264. The van der Waals surface area contributed by atoms with Crippen LogP contribution in [0.5, 0.6) is 0 Å². The third-order valence-electron chi connectivity index (χ3n) is 6.13. The first-order chi connectivity index (χ1) is 17.0. The molecule has 0 bridgehead atoms. The number of sulfonamides is 1. The number of hydrogen-bond donors (Lipinski definition) is 1. The molecule has 190 valence electrons. The lowest BCUT2D eigenvalue weighted by Gasteiger charge is -2.25. The molecular weight excluding hydrogens is 482 g/mol. The molecule has 0 aliphatic heterocycles. The average molecular weight is 512 g/mol. The Kier molecular flexibility index (Phi) is 8.09. The van der Waals surface area contributed by atoms with Crippen molar-refractivity contribution in [3.63, 3.8) is 0 Å². The lowest BCUT2D eigenvalue weighted by atomic mass is 9.94. The van der Waals surface area contributed by atoms with Crippen LogP contribution in [-0.4, -0.2) is 43.1 Å². The van der Waals surface area contributed by atoms with Crippen molar-refractivity contribution in [3.05, 3.63) is 81.4 Å². The van der Waals surface area contributed by atoms with Gasteiger partial charge in [0.05, 0.1) is 9.82 Å². The summed E-state index contributed by atoms with van der Waals surface area (Å²) in [5.74, 6) is -2.80. The number of aryl methyl sites for hydroxylation is 2. The summed E-state index contributed by atoms with van der Waals surface area (Å²) in [4.78, 5) is 38.8. The molecule has 0 spiro atoms. The minimum absolute atomic E-state index is 0.0336. The van der Waals surface area contributed by atoms with Crippen molar-refractivity contribution in [2.75, 3.05) is 13.1 Å². The molecule has 3 aromatic carbocycles. The summed E-state index contributed by atoms with van der Waals surface area (Å²) in [7, 11) is -4.25. The Morgan fingerprint density at radius 3 is 2.11 bits per heavy atom. The molecule has 10 heteroatoms. The van der Waals surface area contributed by atoms with Gasteiger partial charge in [0.15, 0.2) is 0 Å². The largest absolute Gasteiger partial charge is 0.343 e. The number of nitrogens with one attached hydrogen (secondary N) is 1. The normalized spacial score (nSPS) is 12.2. The summed E-state index contributed by atoms with van der Waals surface area (Å²) >= 11 is 0. The van der Waals surface area contributed by atoms with Gasteiger partial charge in [-0.1, -0.05) is 30.3 Å². The van der Waals surface area contributed by atoms with E-state index < -0.39 is 32.7 Å². The van der Waals surface area contributed by atoms with E-state index in [1.54, 1.807) is 58.0 Å². The highest BCUT2D eigenvalue weighted by atomic mass is 32.2. The van der Waals surface area contributed by atoms with E-state index in [4.69, 9.17) is 0 Å². The second-order valence-corrected chi connectivity index (χ2v) is 10.3. The monoisotopic (exact) mass is 511 g/mol. The van der Waals surface area contributed by atoms with E-state index in [2.05, 4.69) is 4.72 Å². The highest BCUT2D eigenvalue weighted by Gasteiger charge is 2.33. The molecule has 0 aromatic heterocycles. The molecule has 1 N–H and O–H groups in total. The van der Waals surface area contributed by atoms with Crippen molar-refractivity contribution in [1.29, 1.82) is 0 Å². The van der Waals surface area contributed by atoms with E-state index in [9.17, 15) is 28.1 Å². The molecular formula is C26H29N3O6S. The summed E-state index contributed by atoms with van der Waals surface area (Å²) in [6, 6.07) is 14.9. The molecule has 3 rings (SSSR count). The van der Waals surface area contributed by atoms with E-state index in [0.29, 0.717) is 35.2 Å². The first-order valence-corrected chi connectivity index (χ1v) is 13.1. The topological polar surface area (TPSA) is 127 Å². The second-order valence-electron chi connectivity index (χ2n) is 8.58. The van der Waals surface area contributed by atoms with Gasteiger partial charge >= 0.3 is 0 Å². The molecule has 0 aliphatic rings. The van der Waals surface area contributed by atoms with Crippen LogP contribution in [0, 0.1) is 29.9 Å². The number of rotatable bonds is 9. The maximum absolute atomic E-state index is 13.3. The molecule has 1 unspecified atom stereocenters. The Labute approximate surface area is 210 Å². The minimum atomic E-state index is -4.25. The van der Waals surface area contributed by atoms with Gasteiger partial charge in [-0.05, 0) is 74.7 Å². The van der Waals surface area contributed by atoms with Crippen molar-refractivity contribution in [1.82, 2.24) is 9.62 Å². The number of nitrogens with zero attached hydrogens (tertiary/aromatic N) is 2. The Bertz CT molecular complexity index is 1410. The van der Waals surface area contributed by atoms with Crippen LogP contribution in [0.2, 0.25) is 0 Å². The Morgan fingerprint density at radius 2 is 1.56 bits per heavy atom. The molecule has 0 heterocycles. The molecule has 0 saturated heterocycles. The van der Waals surface area contributed by atoms with E-state index >= 15 is 0 Å². The van der Waals surface area contributed by atoms with Crippen LogP contribution in [0.4, 0.5) is 5.69 Å². The van der Waals surface area contributed by atoms with E-state index in [1.165, 1.54) is 17.0 Å². The molecule has 0 saturated carbocycles. The van der Waals surface area contributed by atoms with Gasteiger partial charge in [0.2, 0.25) is 11.8 Å². The summed E-state index contributed by atoms with van der Waals surface area (Å²) in [5.41, 5.74) is 1.29. The predicted octanol–water partition coefficient (Wildman–Crippen LogP) is 3.90. The van der Waals surface area contributed by atoms with Crippen molar-refractivity contribution in [2.45, 2.75) is 39.0 Å². The van der Waals surface area contributed by atoms with Gasteiger partial charge in [-0.15, -0.1) is 0 Å². The molecule has 1 atom stereocenters. The molecule has 0 aliphatic carbocycles. The molecule has 3 aromatic rings. The average Bonchev–Trinajstić information content (AvgIpc) is 2.81. The van der Waals surface area contributed by atoms with Gasteiger partial charge in [-0.25, -0.2) is 13.1 Å². The Morgan fingerprint density at radius 1 is 0.972 bits per heavy atom. The molecule has 36 heavy (non-hydrogen) atoms. The van der Waals surface area contributed by atoms with Crippen molar-refractivity contribution >= 4 is 38.3 Å². The lowest BCUT2D eigenvalue weighted by Crippen LogP contribution is -2.46. The molecule has 9 nitrogen and oxygen atoms in total. The second kappa shape index (κ2) is 10.9. The zero-order chi connectivity index (χ0) is 26.6. The number of nitro groups is 1. The standard InChI is InChI=1S/C26H29N3O6S/c1-5-28(6-2)26(31)23(15-19-13-17(3)24(29(32)33)18(4)14-19)25(30)27-36(34,35)22-12-11-20-9-7-8-10-21(20)16-22/h7-14,16,23H,5-6,15H2,1-4H3,(H,27,30). The van der Waals surface area contributed by atoms with Gasteiger partial charge in [0.25, 0.3) is 15.7 Å². The van der Waals surface area contributed by atoms with Crippen LogP contribution < -0.4 is 4.72 Å². The van der Waals surface area contributed by atoms with Crippen LogP contribution in [0.3, 0.4) is 0 Å². The fourth-order valence-electron chi connectivity index (χ4n) is 4.33. The van der Waals surface area contributed by atoms with Gasteiger partial charge in [0, 0.05) is 24.2 Å². The zero-order valence-corrected chi connectivity index (χ0v) is 21.5. The number of carbonyl (C=O) groups is 2. The highest BCUT2D eigenvalue weighted by Crippen LogP contribution is 2.26. The maximum Gasteiger partial charge on any atom is 0.275 e. The van der Waals surface area contributed by atoms with Crippen molar-refractivity contribution < 1.29 is 22.9 Å². The summed E-state index contributed by atoms with van der Waals surface area (Å²) in [6.45, 7) is 7.38. The number of carbonyl (C=O) groups excluding carboxylic acids is 2. The smallest absolute Gasteiger partial charge is 0.275 e. The Balaban J connectivity index is 1.96. The summed E-state index contributed by atoms with van der Waals surface area (Å²) < 4.78 is 28.2. The molecule has 0 radical (unpaired) electrons. The van der Waals surface area contributed by atoms with Crippen LogP contribution in [-0.2, 0) is 26.0 Å². The number of benzene rings is 3. The summed E-state index contributed by atoms with van der Waals surface area (Å²) in [5, 5.41) is 12.9. The number of nitro benzene ring substituents is 1. The lowest BCUT2D eigenvalue weighted by molar-refractivity contribution is -0.386. The highest BCUT2D eigenvalue weighted by molar-refractivity contribution is 7.90. The van der Waals surface area contributed by atoms with E-state index in [-0.39, 0.29) is 17.0 Å². The fourth-order valence-corrected chi connectivity index (χ4v) is 5.39. The van der Waals surface area contributed by atoms with Crippen molar-refractivity contribution in [3.8, 4) is 0 Å². The zero-order valence-electron chi connectivity index (χ0n) is 20.6. The number of hydrogen-bond acceptors (Lipinski definition) is 6. The maximum atomic E-state index is 13.3. The van der Waals surface area contributed by atoms with Crippen LogP contribution >= 0.6 is 0 Å². The van der Waals surface area contributed by atoms with E-state index in [1.807, 2.05) is 12.1 Å². The predicted molar refractivity (Wildman–Crippen MR) is 137 cm³/mol. The third kappa shape index (κ3) is 5.71. The SMILES string of the molecule is CCN(CC)C(=O)C(Cc1cc(C)c([N+](=O)[O-])c(C)c1)C(=O)NS(=O)(=O)c1ccc2ccccc2c1. The molecule has 2 amide bonds. The van der Waals surface area contributed by atoms with Crippen LogP contribution in [0.15, 0.2) is 59.5 Å². The first kappa shape index (κ1) is 26.8. The molecule has 0 fully saturated rings. The van der Waals surface area contributed by atoms with Crippen LogP contribution in [0.25, 0.3) is 10.8 Å². The fraction of sp³-hybridized carbons (Fsp3) is 0.308. The van der Waals surface area contributed by atoms with Gasteiger partial charge in [0.1, 0.15) is 5.92 Å². The number of amides is 2. The third-order valence-corrected chi connectivity index (χ3v) is 7.47. The van der Waals surface area contributed by atoms with Crippen molar-refractivity contribution in [2.24, 2.45) is 5.92 Å². The minimum Gasteiger partial charge on any atom is -0.343 e. The number of fused-ring (bicyclic) bond motifs is 1. The van der Waals surface area contributed by atoms with Gasteiger partial charge in [-0.3, -0.25) is 19.7 Å². The Hall–Kier alpha value is -3.79. The van der Waals surface area contributed by atoms with Gasteiger partial charge < -0.3 is 4.90 Å². The first-order valence-electron chi connectivity index (χ1n) is 11.6. The van der Waals surface area contributed by atoms with E-state index in [0.717, 1.165) is 5.39 Å². The van der Waals surface area contributed by atoms with Crippen LogP contribution in [0.1, 0.15) is 30.5 Å². The summed E-state index contributed by atoms with van der Waals surface area (Å²) in [6.07, 6.45) is -0.103.